The zero-order valence-electron chi connectivity index (χ0n) is 30.3. The van der Waals surface area contributed by atoms with E-state index in [1.54, 1.807) is 17.4 Å². The van der Waals surface area contributed by atoms with Crippen molar-refractivity contribution in [2.75, 3.05) is 13.7 Å². The number of aliphatic hydroxyl groups is 1. The molecule has 3 aromatic carbocycles. The van der Waals surface area contributed by atoms with Crippen LogP contribution in [0.25, 0.3) is 11.1 Å². The van der Waals surface area contributed by atoms with Gasteiger partial charge in [-0.3, -0.25) is 25.2 Å². The number of amides is 3. The largest absolute Gasteiger partial charge is 0.453 e. The Morgan fingerprint density at radius 3 is 2.23 bits per heavy atom. The maximum Gasteiger partial charge on any atom is 0.407 e. The SMILES string of the molecule is COC(=O)N[C@H](C(=O)NN(CCCC(O)(Cc1ccccc1)C(=O)N(O)C1CCc2ccccc21)Cc1ccc(-c2ccncc2)cc1)C(C)(C)C. The molecule has 52 heavy (non-hydrogen) atoms. The van der Waals surface area contributed by atoms with Crippen LogP contribution in [0, 0.1) is 5.41 Å². The van der Waals surface area contributed by atoms with Gasteiger partial charge in [-0.05, 0) is 76.6 Å². The Balaban J connectivity index is 1.37. The zero-order chi connectivity index (χ0) is 37.3. The van der Waals surface area contributed by atoms with Crippen molar-refractivity contribution in [1.29, 1.82) is 0 Å². The highest BCUT2D eigenvalue weighted by Gasteiger charge is 2.43. The van der Waals surface area contributed by atoms with Crippen LogP contribution in [-0.2, 0) is 33.7 Å². The Labute approximate surface area is 305 Å². The Kier molecular flexibility index (Phi) is 12.4. The summed E-state index contributed by atoms with van der Waals surface area (Å²) in [6, 6.07) is 27.3. The van der Waals surface area contributed by atoms with Gasteiger partial charge in [-0.15, -0.1) is 0 Å². The van der Waals surface area contributed by atoms with E-state index in [1.165, 1.54) is 7.11 Å². The molecule has 11 heteroatoms. The van der Waals surface area contributed by atoms with Gasteiger partial charge in [-0.1, -0.05) is 99.6 Å². The number of methoxy groups -OCH3 is 1. The van der Waals surface area contributed by atoms with Crippen LogP contribution in [-0.4, -0.2) is 68.6 Å². The molecule has 11 nitrogen and oxygen atoms in total. The number of hydrazine groups is 1. The number of aryl methyl sites for hydroxylation is 1. The summed E-state index contributed by atoms with van der Waals surface area (Å²) in [4.78, 5) is 44.1. The first-order chi connectivity index (χ1) is 24.9. The van der Waals surface area contributed by atoms with E-state index < -0.39 is 41.0 Å². The van der Waals surface area contributed by atoms with E-state index in [-0.39, 0.29) is 25.8 Å². The summed E-state index contributed by atoms with van der Waals surface area (Å²) in [5.41, 5.74) is 6.03. The number of ether oxygens (including phenoxy) is 1. The van der Waals surface area contributed by atoms with E-state index in [4.69, 9.17) is 4.74 Å². The second-order valence-corrected chi connectivity index (χ2v) is 14.5. The Bertz CT molecular complexity index is 1800. The summed E-state index contributed by atoms with van der Waals surface area (Å²) in [6.07, 6.45) is 4.30. The van der Waals surface area contributed by atoms with Crippen molar-refractivity contribution in [1.82, 2.24) is 25.8 Å². The molecule has 0 saturated carbocycles. The summed E-state index contributed by atoms with van der Waals surface area (Å²) in [6.45, 7) is 6.07. The number of nitrogens with one attached hydrogen (secondary N) is 2. The molecule has 1 aliphatic carbocycles. The molecule has 0 radical (unpaired) electrons. The average Bonchev–Trinajstić information content (AvgIpc) is 3.58. The third kappa shape index (κ3) is 9.61. The fraction of sp³-hybridized carbons (Fsp3) is 0.366. The van der Waals surface area contributed by atoms with E-state index in [1.807, 2.05) is 112 Å². The molecule has 1 aliphatic rings. The third-order valence-electron chi connectivity index (χ3n) is 9.55. The number of alkyl carbamates (subject to hydrolysis) is 1. The monoisotopic (exact) mass is 707 g/mol. The van der Waals surface area contributed by atoms with Crippen molar-refractivity contribution in [3.8, 4) is 11.1 Å². The first-order valence-corrected chi connectivity index (χ1v) is 17.6. The molecule has 0 bridgehead atoms. The van der Waals surface area contributed by atoms with Crippen LogP contribution < -0.4 is 10.7 Å². The van der Waals surface area contributed by atoms with Gasteiger partial charge in [-0.25, -0.2) is 14.9 Å². The van der Waals surface area contributed by atoms with Crippen LogP contribution in [0.4, 0.5) is 4.79 Å². The summed E-state index contributed by atoms with van der Waals surface area (Å²) < 4.78 is 4.79. The smallest absolute Gasteiger partial charge is 0.407 e. The normalized spacial score (nSPS) is 15.6. The van der Waals surface area contributed by atoms with Gasteiger partial charge in [-0.2, -0.15) is 0 Å². The summed E-state index contributed by atoms with van der Waals surface area (Å²) in [5, 5.41) is 28.6. The maximum absolute atomic E-state index is 14.1. The molecule has 1 heterocycles. The van der Waals surface area contributed by atoms with Crippen LogP contribution in [0.3, 0.4) is 0 Å². The Hall–Kier alpha value is -5.10. The summed E-state index contributed by atoms with van der Waals surface area (Å²) >= 11 is 0. The number of pyridine rings is 1. The molecule has 0 spiro atoms. The molecule has 4 aromatic rings. The second-order valence-electron chi connectivity index (χ2n) is 14.5. The van der Waals surface area contributed by atoms with E-state index >= 15 is 0 Å². The van der Waals surface area contributed by atoms with Gasteiger partial charge in [0.2, 0.25) is 0 Å². The van der Waals surface area contributed by atoms with Gasteiger partial charge in [0.05, 0.1) is 13.2 Å². The number of hydrogen-bond donors (Lipinski definition) is 4. The number of nitrogens with zero attached hydrogens (tertiary/aromatic N) is 3. The first-order valence-electron chi connectivity index (χ1n) is 17.6. The predicted molar refractivity (Wildman–Crippen MR) is 197 cm³/mol. The highest BCUT2D eigenvalue weighted by Crippen LogP contribution is 2.37. The minimum absolute atomic E-state index is 0.00259. The highest BCUT2D eigenvalue weighted by molar-refractivity contribution is 5.86. The van der Waals surface area contributed by atoms with Crippen molar-refractivity contribution in [3.63, 3.8) is 0 Å². The highest BCUT2D eigenvalue weighted by atomic mass is 16.5. The molecule has 274 valence electrons. The number of benzene rings is 3. The molecule has 0 saturated heterocycles. The lowest BCUT2D eigenvalue weighted by Crippen LogP contribution is -2.57. The molecule has 2 unspecified atom stereocenters. The average molecular weight is 708 g/mol. The lowest BCUT2D eigenvalue weighted by Gasteiger charge is -2.35. The lowest BCUT2D eigenvalue weighted by atomic mass is 9.86. The second kappa shape index (κ2) is 16.9. The fourth-order valence-electron chi connectivity index (χ4n) is 6.72. The number of aromatic nitrogens is 1. The topological polar surface area (TPSA) is 144 Å². The van der Waals surface area contributed by atoms with E-state index in [2.05, 4.69) is 15.7 Å². The molecule has 4 N–H and O–H groups in total. The van der Waals surface area contributed by atoms with Crippen LogP contribution >= 0.6 is 0 Å². The number of fused-ring (bicyclic) bond motifs is 1. The summed E-state index contributed by atoms with van der Waals surface area (Å²) in [7, 11) is 1.24. The third-order valence-corrected chi connectivity index (χ3v) is 9.55. The fourth-order valence-corrected chi connectivity index (χ4v) is 6.72. The van der Waals surface area contributed by atoms with Crippen LogP contribution in [0.1, 0.15) is 68.3 Å². The number of hydrogen-bond acceptors (Lipinski definition) is 8. The van der Waals surface area contributed by atoms with Crippen molar-refractivity contribution in [2.24, 2.45) is 5.41 Å². The molecule has 1 aromatic heterocycles. The van der Waals surface area contributed by atoms with Gasteiger partial charge in [0.1, 0.15) is 11.6 Å². The maximum atomic E-state index is 14.1. The summed E-state index contributed by atoms with van der Waals surface area (Å²) in [5.74, 6) is -1.21. The van der Waals surface area contributed by atoms with Crippen molar-refractivity contribution < 1.29 is 29.4 Å². The molecular formula is C41H49N5O6. The number of carbonyl (C=O) groups is 3. The van der Waals surface area contributed by atoms with Crippen molar-refractivity contribution in [3.05, 3.63) is 126 Å². The van der Waals surface area contributed by atoms with E-state index in [0.717, 1.165) is 39.8 Å². The van der Waals surface area contributed by atoms with Gasteiger partial charge < -0.3 is 15.2 Å². The molecule has 3 amide bonds. The van der Waals surface area contributed by atoms with Gasteiger partial charge in [0.25, 0.3) is 11.8 Å². The minimum atomic E-state index is -1.93. The molecule has 5 rings (SSSR count). The lowest BCUT2D eigenvalue weighted by molar-refractivity contribution is -0.197. The Morgan fingerprint density at radius 1 is 0.904 bits per heavy atom. The van der Waals surface area contributed by atoms with Crippen LogP contribution in [0.5, 0.6) is 0 Å². The Morgan fingerprint density at radius 2 is 1.56 bits per heavy atom. The molecule has 0 fully saturated rings. The minimum Gasteiger partial charge on any atom is -0.453 e. The molecular weight excluding hydrogens is 658 g/mol. The van der Waals surface area contributed by atoms with Crippen molar-refractivity contribution >= 4 is 17.9 Å². The van der Waals surface area contributed by atoms with E-state index in [0.29, 0.717) is 18.0 Å². The van der Waals surface area contributed by atoms with Gasteiger partial charge in [0.15, 0.2) is 0 Å². The van der Waals surface area contributed by atoms with Gasteiger partial charge >= 0.3 is 6.09 Å². The predicted octanol–water partition coefficient (Wildman–Crippen LogP) is 6.01. The number of rotatable bonds is 14. The first kappa shape index (κ1) is 38.1. The van der Waals surface area contributed by atoms with Crippen LogP contribution in [0.15, 0.2) is 103 Å². The standard InChI is InChI=1S/C41H49N5O6/c1-40(2,3)36(43-39(49)52-4)37(47)44-45(28-30-15-17-31(18-16-30)32-21-24-42-25-22-32)26-10-23-41(50,27-29-11-6-5-7-12-29)38(48)46(51)35-20-19-33-13-8-9-14-34(33)35/h5-9,11-18,21-22,24-25,35-36,50-51H,10,19-20,23,26-28H2,1-4H3,(H,43,49)(H,44,47)/t35?,36-,41?/m1/s1. The molecule has 0 aliphatic heterocycles. The van der Waals surface area contributed by atoms with Gasteiger partial charge in [0, 0.05) is 31.9 Å². The number of hydroxylamine groups is 2. The van der Waals surface area contributed by atoms with Crippen molar-refractivity contribution in [2.45, 2.75) is 77.1 Å². The van der Waals surface area contributed by atoms with Crippen LogP contribution in [0.2, 0.25) is 0 Å². The number of carbonyl (C=O) groups excluding carboxylic acids is 3. The quantitative estimate of drug-likeness (QED) is 0.0922. The molecule has 3 atom stereocenters. The van der Waals surface area contributed by atoms with E-state index in [9.17, 15) is 24.7 Å². The zero-order valence-corrected chi connectivity index (χ0v) is 30.3.